The molecule has 0 bridgehead atoms. The van der Waals surface area contributed by atoms with Gasteiger partial charge in [0.1, 0.15) is 5.82 Å². The highest BCUT2D eigenvalue weighted by molar-refractivity contribution is 5.72. The van der Waals surface area contributed by atoms with Gasteiger partial charge in [-0.3, -0.25) is 19.9 Å². The van der Waals surface area contributed by atoms with E-state index >= 15 is 0 Å². The van der Waals surface area contributed by atoms with Gasteiger partial charge >= 0.3 is 0 Å². The number of aliphatic hydroxyl groups excluding tert-OH is 1. The molecule has 0 unspecified atom stereocenters. The zero-order valence-electron chi connectivity index (χ0n) is 13.6. The number of carbonyl (C=O) groups excluding carboxylic acids is 1. The number of amides is 1. The number of benzene rings is 1. The van der Waals surface area contributed by atoms with Crippen molar-refractivity contribution in [3.05, 3.63) is 24.0 Å². The highest BCUT2D eigenvalue weighted by atomic mass is 19.1. The summed E-state index contributed by atoms with van der Waals surface area (Å²) >= 11 is 0. The second-order valence-corrected chi connectivity index (χ2v) is 5.55. The molecule has 8 nitrogen and oxygen atoms in total. The fourth-order valence-corrected chi connectivity index (χ4v) is 2.43. The van der Waals surface area contributed by atoms with Crippen LogP contribution in [0.25, 0.3) is 0 Å². The summed E-state index contributed by atoms with van der Waals surface area (Å²) in [5.74, 6) is -0.702. The summed E-state index contributed by atoms with van der Waals surface area (Å²) in [6.07, 6.45) is -0.905. The number of aliphatic hydroxyl groups is 1. The van der Waals surface area contributed by atoms with Crippen LogP contribution in [-0.4, -0.2) is 66.7 Å². The molecule has 0 radical (unpaired) electrons. The third-order valence-electron chi connectivity index (χ3n) is 3.76. The molecule has 1 atom stereocenters. The van der Waals surface area contributed by atoms with Gasteiger partial charge in [-0.25, -0.2) is 9.45 Å². The van der Waals surface area contributed by atoms with E-state index in [2.05, 4.69) is 0 Å². The molecular weight excluding hydrogens is 319 g/mol. The van der Waals surface area contributed by atoms with Crippen molar-refractivity contribution in [3.8, 4) is 0 Å². The lowest BCUT2D eigenvalue weighted by atomic mass is 10.2. The first kappa shape index (κ1) is 18.4. The maximum Gasteiger partial charge on any atom is 0.243 e. The quantitative estimate of drug-likeness (QED) is 0.644. The molecule has 1 fully saturated rings. The van der Waals surface area contributed by atoms with Gasteiger partial charge in [0.05, 0.1) is 37.2 Å². The number of hydrogen-bond donors (Lipinski definition) is 3. The van der Waals surface area contributed by atoms with Gasteiger partial charge in [0.25, 0.3) is 0 Å². The molecule has 0 spiro atoms. The number of hydrogen-bond acceptors (Lipinski definition) is 7. The minimum absolute atomic E-state index is 0.00193. The van der Waals surface area contributed by atoms with Crippen molar-refractivity contribution in [1.82, 2.24) is 5.06 Å². The number of halogens is 1. The minimum atomic E-state index is -0.905. The van der Waals surface area contributed by atoms with Gasteiger partial charge in [-0.05, 0) is 12.1 Å². The van der Waals surface area contributed by atoms with Gasteiger partial charge in [0, 0.05) is 32.6 Å². The maximum absolute atomic E-state index is 14.4. The van der Waals surface area contributed by atoms with Crippen molar-refractivity contribution in [2.75, 3.05) is 49.3 Å². The van der Waals surface area contributed by atoms with Crippen LogP contribution >= 0.6 is 0 Å². The molecule has 0 aliphatic carbocycles. The Morgan fingerprint density at radius 2 is 2.21 bits per heavy atom. The lowest BCUT2D eigenvalue weighted by molar-refractivity contribution is -0.179. The van der Waals surface area contributed by atoms with Gasteiger partial charge < -0.3 is 15.7 Å². The van der Waals surface area contributed by atoms with Crippen LogP contribution < -0.4 is 15.7 Å². The van der Waals surface area contributed by atoms with E-state index in [1.807, 2.05) is 0 Å². The summed E-state index contributed by atoms with van der Waals surface area (Å²) in [7, 11) is 0. The van der Waals surface area contributed by atoms with Crippen molar-refractivity contribution in [2.24, 2.45) is 5.73 Å². The van der Waals surface area contributed by atoms with E-state index in [1.165, 1.54) is 18.1 Å². The number of nitrogens with zero attached hydrogens (tertiary/aromatic N) is 3. The molecule has 24 heavy (non-hydrogen) atoms. The molecule has 0 saturated carbocycles. The Labute approximate surface area is 139 Å². The van der Waals surface area contributed by atoms with Crippen molar-refractivity contribution in [3.63, 3.8) is 0 Å². The van der Waals surface area contributed by atoms with Crippen LogP contribution in [-0.2, 0) is 9.63 Å². The largest absolute Gasteiger partial charge is 0.390 e. The van der Waals surface area contributed by atoms with Crippen LogP contribution in [0, 0.1) is 5.82 Å². The van der Waals surface area contributed by atoms with Gasteiger partial charge in [0.15, 0.2) is 0 Å². The maximum atomic E-state index is 14.4. The summed E-state index contributed by atoms with van der Waals surface area (Å²) in [5.41, 5.74) is 5.87. The monoisotopic (exact) mass is 342 g/mol. The summed E-state index contributed by atoms with van der Waals surface area (Å²) < 4.78 is 14.4. The number of hydroxylamine groups is 3. The second kappa shape index (κ2) is 8.25. The van der Waals surface area contributed by atoms with Crippen LogP contribution in [0.5, 0.6) is 0 Å². The third-order valence-corrected chi connectivity index (χ3v) is 3.76. The predicted octanol–water partition coefficient (Wildman–Crippen LogP) is -0.0590. The van der Waals surface area contributed by atoms with E-state index in [0.29, 0.717) is 25.3 Å². The number of carbonyl (C=O) groups is 1. The Kier molecular flexibility index (Phi) is 6.32. The molecule has 9 heteroatoms. The second-order valence-electron chi connectivity index (χ2n) is 5.55. The minimum Gasteiger partial charge on any atom is -0.390 e. The molecule has 0 aromatic heterocycles. The number of anilines is 2. The van der Waals surface area contributed by atoms with Crippen LogP contribution in [0.15, 0.2) is 18.2 Å². The average Bonchev–Trinajstić information content (AvgIpc) is 2.80. The topological polar surface area (TPSA) is 103 Å². The van der Waals surface area contributed by atoms with Crippen molar-refractivity contribution < 1.29 is 24.3 Å². The highest BCUT2D eigenvalue weighted by Gasteiger charge is 2.20. The molecule has 1 heterocycles. The Hall–Kier alpha value is -1.94. The van der Waals surface area contributed by atoms with Crippen LogP contribution in [0.3, 0.4) is 0 Å². The molecule has 4 N–H and O–H groups in total. The zero-order chi connectivity index (χ0) is 17.7. The Morgan fingerprint density at radius 1 is 1.46 bits per heavy atom. The molecule has 1 aromatic rings. The normalized spacial score (nSPS) is 16.7. The molecule has 134 valence electrons. The zero-order valence-corrected chi connectivity index (χ0v) is 13.6. The van der Waals surface area contributed by atoms with Gasteiger partial charge in [-0.1, -0.05) is 0 Å². The molecule has 2 rings (SSSR count). The van der Waals surface area contributed by atoms with Crippen LogP contribution in [0.2, 0.25) is 0 Å². The molecule has 1 aliphatic heterocycles. The summed E-state index contributed by atoms with van der Waals surface area (Å²) in [6.45, 7) is 2.79. The van der Waals surface area contributed by atoms with Crippen LogP contribution in [0.4, 0.5) is 15.8 Å². The average molecular weight is 342 g/mol. The third kappa shape index (κ3) is 4.54. The van der Waals surface area contributed by atoms with Crippen molar-refractivity contribution in [2.45, 2.75) is 13.0 Å². The van der Waals surface area contributed by atoms with Gasteiger partial charge in [-0.2, -0.15) is 0 Å². The molecule has 1 amide bonds. The lowest BCUT2D eigenvalue weighted by Gasteiger charge is -2.24. The highest BCUT2D eigenvalue weighted by Crippen LogP contribution is 2.25. The number of nitrogens with two attached hydrogens (primary N) is 1. The first-order valence-corrected chi connectivity index (χ1v) is 7.72. The fraction of sp³-hybridized carbons (Fsp3) is 0.533. The standard InChI is InChI=1S/C15H23FN4O4/c1-11(21)20-5-4-18(6-7-24-20)15-3-2-12(8-14(15)16)19(23)10-13(22)9-17/h2-3,8,13,22-23H,4-7,9-10,17H2,1H3/t13-/m0/s1. The SMILES string of the molecule is CC(=O)N1CCN(c2ccc(N(O)C[C@@H](O)CN)cc2F)CCO1. The molecule has 1 saturated heterocycles. The Morgan fingerprint density at radius 3 is 2.83 bits per heavy atom. The van der Waals surface area contributed by atoms with Crippen LogP contribution in [0.1, 0.15) is 6.92 Å². The fourth-order valence-electron chi connectivity index (χ4n) is 2.43. The van der Waals surface area contributed by atoms with E-state index in [-0.39, 0.29) is 31.3 Å². The molecule has 1 aliphatic rings. The lowest BCUT2D eigenvalue weighted by Crippen LogP contribution is -2.35. The Bertz CT molecular complexity index is 574. The summed E-state index contributed by atoms with van der Waals surface area (Å²) in [6, 6.07) is 4.29. The Balaban J connectivity index is 2.08. The summed E-state index contributed by atoms with van der Waals surface area (Å²) in [5, 5.41) is 21.3. The predicted molar refractivity (Wildman–Crippen MR) is 86.1 cm³/mol. The van der Waals surface area contributed by atoms with E-state index < -0.39 is 11.9 Å². The first-order chi connectivity index (χ1) is 11.4. The van der Waals surface area contributed by atoms with E-state index in [0.717, 1.165) is 5.06 Å². The first-order valence-electron chi connectivity index (χ1n) is 7.72. The number of rotatable bonds is 5. The van der Waals surface area contributed by atoms with E-state index in [4.69, 9.17) is 10.6 Å². The van der Waals surface area contributed by atoms with Gasteiger partial charge in [0.2, 0.25) is 5.91 Å². The van der Waals surface area contributed by atoms with E-state index in [1.54, 1.807) is 17.0 Å². The smallest absolute Gasteiger partial charge is 0.243 e. The van der Waals surface area contributed by atoms with Crippen molar-refractivity contribution >= 4 is 17.3 Å². The van der Waals surface area contributed by atoms with Gasteiger partial charge in [-0.15, -0.1) is 0 Å². The molecular formula is C15H23FN4O4. The van der Waals surface area contributed by atoms with Crippen molar-refractivity contribution in [1.29, 1.82) is 0 Å². The molecule has 1 aromatic carbocycles. The van der Waals surface area contributed by atoms with E-state index in [9.17, 15) is 19.5 Å². The summed E-state index contributed by atoms with van der Waals surface area (Å²) in [4.78, 5) is 18.4.